The van der Waals surface area contributed by atoms with Crippen LogP contribution in [-0.4, -0.2) is 45.5 Å². The van der Waals surface area contributed by atoms with Crippen LogP contribution in [0.25, 0.3) is 28.4 Å². The molecule has 0 aliphatic rings. The number of nitrogens with one attached hydrogen (secondary N) is 1. The number of phenols is 3. The molecule has 36 heavy (non-hydrogen) atoms. The van der Waals surface area contributed by atoms with E-state index in [1.807, 2.05) is 0 Å². The van der Waals surface area contributed by atoms with Crippen LogP contribution in [0.3, 0.4) is 0 Å². The van der Waals surface area contributed by atoms with Crippen LogP contribution in [0, 0.1) is 0 Å². The second kappa shape index (κ2) is 10.1. The van der Waals surface area contributed by atoms with E-state index in [0.717, 1.165) is 0 Å². The van der Waals surface area contributed by atoms with E-state index in [4.69, 9.17) is 9.15 Å². The van der Waals surface area contributed by atoms with Crippen LogP contribution in [0.5, 0.6) is 23.0 Å². The number of carboxylic acids is 1. The lowest BCUT2D eigenvalue weighted by Crippen LogP contribution is -2.41. The zero-order valence-electron chi connectivity index (χ0n) is 19.1. The van der Waals surface area contributed by atoms with Gasteiger partial charge in [-0.25, -0.2) is 4.79 Å². The number of aliphatic carboxylic acids is 1. The van der Waals surface area contributed by atoms with Crippen molar-refractivity contribution < 1.29 is 39.2 Å². The van der Waals surface area contributed by atoms with Crippen LogP contribution < -0.4 is 10.1 Å². The predicted octanol–water partition coefficient (Wildman–Crippen LogP) is 4.05. The summed E-state index contributed by atoms with van der Waals surface area (Å²) in [6, 6.07) is 14.3. The minimum Gasteiger partial charge on any atom is -0.508 e. The Hall–Kier alpha value is -4.92. The molecule has 0 aliphatic carbocycles. The van der Waals surface area contributed by atoms with Crippen molar-refractivity contribution in [2.75, 3.05) is 7.11 Å². The smallest absolute Gasteiger partial charge is 0.326 e. The number of rotatable bonds is 8. The lowest BCUT2D eigenvalue weighted by Gasteiger charge is -2.13. The Morgan fingerprint density at radius 3 is 2.42 bits per heavy atom. The molecular formula is C27H23NO8. The molecule has 0 saturated carbocycles. The van der Waals surface area contributed by atoms with E-state index < -0.39 is 17.9 Å². The molecule has 9 nitrogen and oxygen atoms in total. The van der Waals surface area contributed by atoms with Gasteiger partial charge >= 0.3 is 5.97 Å². The first-order valence-electron chi connectivity index (χ1n) is 10.9. The molecule has 184 valence electrons. The topological polar surface area (TPSA) is 149 Å². The van der Waals surface area contributed by atoms with Crippen molar-refractivity contribution in [3.8, 4) is 34.3 Å². The molecule has 1 aromatic heterocycles. The summed E-state index contributed by atoms with van der Waals surface area (Å²) < 4.78 is 11.3. The number of furan rings is 1. The summed E-state index contributed by atoms with van der Waals surface area (Å²) in [6.45, 7) is 0. The minimum absolute atomic E-state index is 0.0482. The van der Waals surface area contributed by atoms with Gasteiger partial charge in [0.25, 0.3) is 0 Å². The first-order chi connectivity index (χ1) is 17.2. The van der Waals surface area contributed by atoms with Gasteiger partial charge in [0, 0.05) is 23.4 Å². The van der Waals surface area contributed by atoms with E-state index in [2.05, 4.69) is 5.32 Å². The fourth-order valence-electron chi connectivity index (χ4n) is 3.70. The molecule has 4 aromatic rings. The van der Waals surface area contributed by atoms with Gasteiger partial charge < -0.3 is 34.9 Å². The van der Waals surface area contributed by atoms with Crippen molar-refractivity contribution in [2.45, 2.75) is 12.5 Å². The summed E-state index contributed by atoms with van der Waals surface area (Å²) in [6.07, 6.45) is 2.81. The molecule has 3 aromatic carbocycles. The molecule has 0 unspecified atom stereocenters. The Bertz CT molecular complexity index is 1450. The van der Waals surface area contributed by atoms with E-state index in [1.165, 1.54) is 43.5 Å². The van der Waals surface area contributed by atoms with E-state index in [0.29, 0.717) is 39.2 Å². The molecule has 0 aliphatic heterocycles. The van der Waals surface area contributed by atoms with E-state index >= 15 is 0 Å². The highest BCUT2D eigenvalue weighted by molar-refractivity contribution is 5.99. The monoisotopic (exact) mass is 489 g/mol. The molecular weight excluding hydrogens is 466 g/mol. The highest BCUT2D eigenvalue weighted by Crippen LogP contribution is 2.38. The standard InChI is InChI=1S/C27H23NO8/c1-35-23-10-5-16(19-14-24(36-26(19)23)17-4-9-21(30)22(31)13-17)6-11-25(32)28-20(27(33)34)12-15-2-7-18(29)8-3-15/h2-11,13-14,20,29-31H,12H2,1H3,(H,28,32)(H,33,34)/b11-6+/t20-/m0/s1. The number of ether oxygens (including phenoxy) is 1. The van der Waals surface area contributed by atoms with E-state index in [1.54, 1.807) is 36.4 Å². The first kappa shape index (κ1) is 24.2. The number of hydrogen-bond donors (Lipinski definition) is 5. The molecule has 1 amide bonds. The number of carbonyl (C=O) groups is 2. The Balaban J connectivity index is 1.58. The Morgan fingerprint density at radius 2 is 1.75 bits per heavy atom. The van der Waals surface area contributed by atoms with Gasteiger partial charge in [0.2, 0.25) is 5.91 Å². The first-order valence-corrected chi connectivity index (χ1v) is 10.9. The minimum atomic E-state index is -1.19. The maximum atomic E-state index is 12.5. The summed E-state index contributed by atoms with van der Waals surface area (Å²) in [4.78, 5) is 24.2. The summed E-state index contributed by atoms with van der Waals surface area (Å²) in [5, 5.41) is 41.4. The maximum absolute atomic E-state index is 12.5. The van der Waals surface area contributed by atoms with Crippen molar-refractivity contribution in [1.29, 1.82) is 0 Å². The Morgan fingerprint density at radius 1 is 1.00 bits per heavy atom. The number of phenolic OH excluding ortho intramolecular Hbond substituents is 3. The average Bonchev–Trinajstić information content (AvgIpc) is 3.31. The van der Waals surface area contributed by atoms with Gasteiger partial charge in [-0.3, -0.25) is 4.79 Å². The number of carbonyl (C=O) groups excluding carboxylic acids is 1. The second-order valence-electron chi connectivity index (χ2n) is 8.02. The Labute approximate surface area is 205 Å². The number of fused-ring (bicyclic) bond motifs is 1. The molecule has 4 rings (SSSR count). The normalized spacial score (nSPS) is 12.0. The number of aromatic hydroxyl groups is 3. The van der Waals surface area contributed by atoms with Crippen LogP contribution in [0.15, 0.2) is 71.2 Å². The van der Waals surface area contributed by atoms with Crippen molar-refractivity contribution >= 4 is 28.9 Å². The summed E-state index contributed by atoms with van der Waals surface area (Å²) in [5.41, 5.74) is 2.20. The molecule has 0 spiro atoms. The molecule has 1 atom stereocenters. The predicted molar refractivity (Wildman–Crippen MR) is 132 cm³/mol. The highest BCUT2D eigenvalue weighted by Gasteiger charge is 2.20. The van der Waals surface area contributed by atoms with Crippen molar-refractivity contribution in [3.63, 3.8) is 0 Å². The Kier molecular flexibility index (Phi) is 6.82. The summed E-state index contributed by atoms with van der Waals surface area (Å²) in [7, 11) is 1.49. The lowest BCUT2D eigenvalue weighted by atomic mass is 10.1. The number of carboxylic acid groups (broad SMARTS) is 1. The number of amides is 1. The molecule has 1 heterocycles. The number of methoxy groups -OCH3 is 1. The van der Waals surface area contributed by atoms with Crippen molar-refractivity contribution in [2.24, 2.45) is 0 Å². The highest BCUT2D eigenvalue weighted by atomic mass is 16.5. The van der Waals surface area contributed by atoms with Gasteiger partial charge in [-0.2, -0.15) is 0 Å². The molecule has 9 heteroatoms. The van der Waals surface area contributed by atoms with Crippen LogP contribution in [0.2, 0.25) is 0 Å². The van der Waals surface area contributed by atoms with Gasteiger partial charge in [-0.05, 0) is 59.7 Å². The van der Waals surface area contributed by atoms with Gasteiger partial charge in [0.15, 0.2) is 22.8 Å². The van der Waals surface area contributed by atoms with Crippen LogP contribution >= 0.6 is 0 Å². The lowest BCUT2D eigenvalue weighted by molar-refractivity contribution is -0.141. The number of benzene rings is 3. The molecule has 0 saturated heterocycles. The quantitative estimate of drug-likeness (QED) is 0.184. The van der Waals surface area contributed by atoms with Gasteiger partial charge in [0.1, 0.15) is 17.6 Å². The van der Waals surface area contributed by atoms with E-state index in [-0.39, 0.29) is 23.7 Å². The number of hydrogen-bond acceptors (Lipinski definition) is 7. The van der Waals surface area contributed by atoms with Crippen LogP contribution in [0.4, 0.5) is 0 Å². The SMILES string of the molecule is COc1ccc(/C=C/C(=O)N[C@@H](Cc2ccc(O)cc2)C(=O)O)c2cc(-c3ccc(O)c(O)c3)oc12. The fraction of sp³-hybridized carbons (Fsp3) is 0.111. The van der Waals surface area contributed by atoms with Gasteiger partial charge in [-0.1, -0.05) is 18.2 Å². The van der Waals surface area contributed by atoms with Crippen molar-refractivity contribution in [3.05, 3.63) is 77.9 Å². The third-order valence-corrected chi connectivity index (χ3v) is 5.57. The zero-order valence-corrected chi connectivity index (χ0v) is 19.1. The zero-order chi connectivity index (χ0) is 25.8. The third-order valence-electron chi connectivity index (χ3n) is 5.57. The largest absolute Gasteiger partial charge is 0.508 e. The second-order valence-corrected chi connectivity index (χ2v) is 8.02. The van der Waals surface area contributed by atoms with Crippen LogP contribution in [-0.2, 0) is 16.0 Å². The fourth-order valence-corrected chi connectivity index (χ4v) is 3.70. The van der Waals surface area contributed by atoms with E-state index in [9.17, 15) is 30.0 Å². The van der Waals surface area contributed by atoms with Crippen LogP contribution in [0.1, 0.15) is 11.1 Å². The molecule has 0 fully saturated rings. The molecule has 0 bridgehead atoms. The van der Waals surface area contributed by atoms with Crippen molar-refractivity contribution in [1.82, 2.24) is 5.32 Å². The maximum Gasteiger partial charge on any atom is 0.326 e. The van der Waals surface area contributed by atoms with Gasteiger partial charge in [0.05, 0.1) is 7.11 Å². The van der Waals surface area contributed by atoms with Gasteiger partial charge in [-0.15, -0.1) is 0 Å². The summed E-state index contributed by atoms with van der Waals surface area (Å²) >= 11 is 0. The molecule has 0 radical (unpaired) electrons. The molecule has 5 N–H and O–H groups in total. The average molecular weight is 489 g/mol. The summed E-state index contributed by atoms with van der Waals surface area (Å²) in [5.74, 6) is -1.41. The third kappa shape index (κ3) is 5.25.